The Balaban J connectivity index is 2.80. The standard InChI is InChI=1S/C13H20BrNO/c1-4-9(2)8-16-13-7-11(14)5-6-12(13)10(3)15/h5-7,9-10H,4,8,15H2,1-3H3/t9?,10-/m0/s1. The van der Waals surface area contributed by atoms with Gasteiger partial charge in [-0.3, -0.25) is 0 Å². The summed E-state index contributed by atoms with van der Waals surface area (Å²) in [5.74, 6) is 1.46. The first-order valence-corrected chi connectivity index (χ1v) is 6.51. The maximum atomic E-state index is 5.91. The Hall–Kier alpha value is -0.540. The lowest BCUT2D eigenvalue weighted by molar-refractivity contribution is 0.253. The Labute approximate surface area is 106 Å². The molecule has 2 nitrogen and oxygen atoms in total. The SMILES string of the molecule is CCC(C)COc1cc(Br)ccc1[C@H](C)N. The molecule has 1 aromatic rings. The van der Waals surface area contributed by atoms with Crippen molar-refractivity contribution in [2.45, 2.75) is 33.2 Å². The summed E-state index contributed by atoms with van der Waals surface area (Å²) in [5, 5.41) is 0. The average Bonchev–Trinajstić information content (AvgIpc) is 2.25. The van der Waals surface area contributed by atoms with Crippen molar-refractivity contribution in [3.63, 3.8) is 0 Å². The fourth-order valence-electron chi connectivity index (χ4n) is 1.36. The Kier molecular flexibility index (Phi) is 5.29. The van der Waals surface area contributed by atoms with Gasteiger partial charge in [0.25, 0.3) is 0 Å². The highest BCUT2D eigenvalue weighted by Crippen LogP contribution is 2.28. The first-order valence-electron chi connectivity index (χ1n) is 5.72. The number of nitrogens with two attached hydrogens (primary N) is 1. The number of benzene rings is 1. The van der Waals surface area contributed by atoms with Crippen molar-refractivity contribution >= 4 is 15.9 Å². The molecule has 16 heavy (non-hydrogen) atoms. The molecule has 3 heteroatoms. The monoisotopic (exact) mass is 285 g/mol. The Morgan fingerprint density at radius 3 is 2.62 bits per heavy atom. The van der Waals surface area contributed by atoms with Crippen LogP contribution < -0.4 is 10.5 Å². The van der Waals surface area contributed by atoms with Crippen molar-refractivity contribution in [1.82, 2.24) is 0 Å². The fourth-order valence-corrected chi connectivity index (χ4v) is 1.70. The highest BCUT2D eigenvalue weighted by atomic mass is 79.9. The molecular formula is C13H20BrNO. The van der Waals surface area contributed by atoms with Crippen LogP contribution >= 0.6 is 15.9 Å². The lowest BCUT2D eigenvalue weighted by atomic mass is 10.1. The summed E-state index contributed by atoms with van der Waals surface area (Å²) >= 11 is 3.45. The smallest absolute Gasteiger partial charge is 0.125 e. The third-order valence-corrected chi connectivity index (χ3v) is 3.18. The van der Waals surface area contributed by atoms with Gasteiger partial charge in [-0.15, -0.1) is 0 Å². The second kappa shape index (κ2) is 6.26. The van der Waals surface area contributed by atoms with Crippen LogP contribution in [0.15, 0.2) is 22.7 Å². The molecule has 0 bridgehead atoms. The molecular weight excluding hydrogens is 266 g/mol. The lowest BCUT2D eigenvalue weighted by Crippen LogP contribution is -2.12. The normalized spacial score (nSPS) is 14.6. The molecule has 0 aliphatic carbocycles. The van der Waals surface area contributed by atoms with E-state index in [0.29, 0.717) is 5.92 Å². The maximum Gasteiger partial charge on any atom is 0.125 e. The van der Waals surface area contributed by atoms with Gasteiger partial charge in [-0.25, -0.2) is 0 Å². The predicted octanol–water partition coefficient (Wildman–Crippen LogP) is 3.89. The molecule has 0 heterocycles. The highest BCUT2D eigenvalue weighted by Gasteiger charge is 2.09. The van der Waals surface area contributed by atoms with Crippen LogP contribution in [0.3, 0.4) is 0 Å². The van der Waals surface area contributed by atoms with Crippen molar-refractivity contribution in [2.75, 3.05) is 6.61 Å². The third-order valence-electron chi connectivity index (χ3n) is 2.69. The molecule has 2 N–H and O–H groups in total. The minimum absolute atomic E-state index is 0.0000302. The summed E-state index contributed by atoms with van der Waals surface area (Å²) in [7, 11) is 0. The zero-order valence-electron chi connectivity index (χ0n) is 10.2. The topological polar surface area (TPSA) is 35.2 Å². The van der Waals surface area contributed by atoms with Crippen LogP contribution in [0.2, 0.25) is 0 Å². The molecule has 0 aliphatic heterocycles. The Bertz CT molecular complexity index is 339. The summed E-state index contributed by atoms with van der Waals surface area (Å²) in [6.07, 6.45) is 1.13. The zero-order chi connectivity index (χ0) is 12.1. The quantitative estimate of drug-likeness (QED) is 0.891. The third kappa shape index (κ3) is 3.80. The van der Waals surface area contributed by atoms with Crippen LogP contribution in [0.4, 0.5) is 0 Å². The van der Waals surface area contributed by atoms with Gasteiger partial charge in [-0.05, 0) is 25.0 Å². The van der Waals surface area contributed by atoms with Gasteiger partial charge >= 0.3 is 0 Å². The summed E-state index contributed by atoms with van der Waals surface area (Å²) in [6.45, 7) is 7.07. The highest BCUT2D eigenvalue weighted by molar-refractivity contribution is 9.10. The molecule has 0 saturated heterocycles. The molecule has 1 aromatic carbocycles. The van der Waals surface area contributed by atoms with E-state index in [1.165, 1.54) is 0 Å². The molecule has 0 radical (unpaired) electrons. The molecule has 0 aromatic heterocycles. The van der Waals surface area contributed by atoms with Crippen LogP contribution in [-0.4, -0.2) is 6.61 Å². The molecule has 0 fully saturated rings. The minimum Gasteiger partial charge on any atom is -0.493 e. The molecule has 90 valence electrons. The van der Waals surface area contributed by atoms with Gasteiger partial charge in [-0.1, -0.05) is 42.3 Å². The van der Waals surface area contributed by atoms with E-state index in [9.17, 15) is 0 Å². The molecule has 0 amide bonds. The molecule has 0 spiro atoms. The Morgan fingerprint density at radius 1 is 1.38 bits per heavy atom. The maximum absolute atomic E-state index is 5.91. The van der Waals surface area contributed by atoms with Crippen LogP contribution in [0, 0.1) is 5.92 Å². The number of ether oxygens (including phenoxy) is 1. The van der Waals surface area contributed by atoms with E-state index in [-0.39, 0.29) is 6.04 Å². The molecule has 1 unspecified atom stereocenters. The van der Waals surface area contributed by atoms with Crippen molar-refractivity contribution in [3.05, 3.63) is 28.2 Å². The van der Waals surface area contributed by atoms with Crippen molar-refractivity contribution < 1.29 is 4.74 Å². The summed E-state index contributed by atoms with van der Waals surface area (Å²) in [4.78, 5) is 0. The Morgan fingerprint density at radius 2 is 2.06 bits per heavy atom. The van der Waals surface area contributed by atoms with Gasteiger partial charge in [0.2, 0.25) is 0 Å². The van der Waals surface area contributed by atoms with Crippen LogP contribution in [0.1, 0.15) is 38.8 Å². The van der Waals surface area contributed by atoms with Gasteiger partial charge in [-0.2, -0.15) is 0 Å². The van der Waals surface area contributed by atoms with Gasteiger partial charge in [0.1, 0.15) is 5.75 Å². The number of halogens is 1. The lowest BCUT2D eigenvalue weighted by Gasteiger charge is -2.16. The van der Waals surface area contributed by atoms with E-state index < -0.39 is 0 Å². The summed E-state index contributed by atoms with van der Waals surface area (Å²) in [6, 6.07) is 6.00. The molecule has 0 aliphatic rings. The average molecular weight is 286 g/mol. The van der Waals surface area contributed by atoms with E-state index in [0.717, 1.165) is 28.8 Å². The van der Waals surface area contributed by atoms with Crippen LogP contribution in [0.25, 0.3) is 0 Å². The van der Waals surface area contributed by atoms with Gasteiger partial charge in [0, 0.05) is 16.1 Å². The summed E-state index contributed by atoms with van der Waals surface area (Å²) in [5.41, 5.74) is 6.97. The van der Waals surface area contributed by atoms with E-state index in [1.807, 2.05) is 25.1 Å². The number of hydrogen-bond acceptors (Lipinski definition) is 2. The van der Waals surface area contributed by atoms with E-state index >= 15 is 0 Å². The summed E-state index contributed by atoms with van der Waals surface area (Å²) < 4.78 is 6.85. The number of rotatable bonds is 5. The second-order valence-electron chi connectivity index (χ2n) is 4.30. The van der Waals surface area contributed by atoms with Gasteiger partial charge < -0.3 is 10.5 Å². The van der Waals surface area contributed by atoms with E-state index in [1.54, 1.807) is 0 Å². The fraction of sp³-hybridized carbons (Fsp3) is 0.538. The first-order chi connectivity index (χ1) is 7.54. The van der Waals surface area contributed by atoms with Crippen molar-refractivity contribution in [2.24, 2.45) is 11.7 Å². The van der Waals surface area contributed by atoms with E-state index in [2.05, 4.69) is 29.8 Å². The number of hydrogen-bond donors (Lipinski definition) is 1. The molecule has 2 atom stereocenters. The minimum atomic E-state index is 0.0000302. The zero-order valence-corrected chi connectivity index (χ0v) is 11.8. The van der Waals surface area contributed by atoms with Crippen LogP contribution in [-0.2, 0) is 0 Å². The predicted molar refractivity (Wildman–Crippen MR) is 71.7 cm³/mol. The molecule has 0 saturated carbocycles. The second-order valence-corrected chi connectivity index (χ2v) is 5.21. The van der Waals surface area contributed by atoms with E-state index in [4.69, 9.17) is 10.5 Å². The largest absolute Gasteiger partial charge is 0.493 e. The van der Waals surface area contributed by atoms with Crippen LogP contribution in [0.5, 0.6) is 5.75 Å². The van der Waals surface area contributed by atoms with Gasteiger partial charge in [0.05, 0.1) is 6.61 Å². The first kappa shape index (κ1) is 13.5. The van der Waals surface area contributed by atoms with Gasteiger partial charge in [0.15, 0.2) is 0 Å². The molecule has 1 rings (SSSR count). The van der Waals surface area contributed by atoms with Crippen molar-refractivity contribution in [1.29, 1.82) is 0 Å². The van der Waals surface area contributed by atoms with Crippen molar-refractivity contribution in [3.8, 4) is 5.75 Å².